The summed E-state index contributed by atoms with van der Waals surface area (Å²) in [7, 11) is 0. The first-order valence-electron chi connectivity index (χ1n) is 5.27. The lowest BCUT2D eigenvalue weighted by Crippen LogP contribution is -2.10. The maximum Gasteiger partial charge on any atom is 0.305 e. The van der Waals surface area contributed by atoms with Gasteiger partial charge >= 0.3 is 5.97 Å². The highest BCUT2D eigenvalue weighted by atomic mass is 16.4. The van der Waals surface area contributed by atoms with E-state index in [9.17, 15) is 9.59 Å². The summed E-state index contributed by atoms with van der Waals surface area (Å²) in [5.74, 6) is -0.740. The number of rotatable bonds is 4. The number of carboxylic acid groups (broad SMARTS) is 1. The third kappa shape index (κ3) is 2.18. The fourth-order valence-corrected chi connectivity index (χ4v) is 1.78. The highest BCUT2D eigenvalue weighted by Crippen LogP contribution is 2.16. The number of imidazole rings is 1. The second-order valence-corrected chi connectivity index (χ2v) is 3.78. The molecular formula is C12H12N2O3. The van der Waals surface area contributed by atoms with Gasteiger partial charge < -0.3 is 9.67 Å². The number of benzene rings is 1. The monoisotopic (exact) mass is 232 g/mol. The molecule has 2 aromatic rings. The summed E-state index contributed by atoms with van der Waals surface area (Å²) in [4.78, 5) is 26.3. The topological polar surface area (TPSA) is 72.2 Å². The minimum absolute atomic E-state index is 0.0271. The Labute approximate surface area is 97.7 Å². The summed E-state index contributed by atoms with van der Waals surface area (Å²) in [5.41, 5.74) is 1.50. The molecule has 0 amide bonds. The molecule has 1 aromatic carbocycles. The molecule has 2 rings (SSSR count). The molecule has 0 aliphatic carbocycles. The summed E-state index contributed by atoms with van der Waals surface area (Å²) in [6.07, 6.45) is -0.0271. The van der Waals surface area contributed by atoms with Crippen LogP contribution in [0.4, 0.5) is 0 Å². The van der Waals surface area contributed by atoms with Crippen molar-refractivity contribution in [3.8, 4) is 0 Å². The van der Waals surface area contributed by atoms with Crippen molar-refractivity contribution in [3.05, 3.63) is 30.1 Å². The molecule has 17 heavy (non-hydrogen) atoms. The number of para-hydroxylation sites is 2. The molecule has 5 heteroatoms. The number of hydrogen-bond donors (Lipinski definition) is 1. The van der Waals surface area contributed by atoms with Crippen LogP contribution >= 0.6 is 0 Å². The van der Waals surface area contributed by atoms with Gasteiger partial charge in [0, 0.05) is 13.5 Å². The zero-order chi connectivity index (χ0) is 12.4. The molecule has 0 aliphatic rings. The average molecular weight is 232 g/mol. The molecular weight excluding hydrogens is 220 g/mol. The van der Waals surface area contributed by atoms with E-state index in [2.05, 4.69) is 4.98 Å². The molecule has 0 aliphatic heterocycles. The van der Waals surface area contributed by atoms with Gasteiger partial charge in [-0.05, 0) is 12.1 Å². The molecule has 5 nitrogen and oxygen atoms in total. The predicted octanol–water partition coefficient (Wildman–Crippen LogP) is 1.71. The van der Waals surface area contributed by atoms with Crippen LogP contribution in [0.15, 0.2) is 24.3 Å². The van der Waals surface area contributed by atoms with Gasteiger partial charge in [0.05, 0.1) is 17.5 Å². The van der Waals surface area contributed by atoms with Crippen molar-refractivity contribution in [2.24, 2.45) is 0 Å². The molecule has 0 radical (unpaired) electrons. The number of aryl methyl sites for hydroxylation is 1. The Balaban J connectivity index is 2.51. The summed E-state index contributed by atoms with van der Waals surface area (Å²) in [5, 5.41) is 8.70. The maximum atomic E-state index is 11.4. The minimum Gasteiger partial charge on any atom is -0.481 e. The van der Waals surface area contributed by atoms with Gasteiger partial charge in [-0.1, -0.05) is 12.1 Å². The van der Waals surface area contributed by atoms with Crippen LogP contribution in [0.2, 0.25) is 0 Å². The molecule has 0 bridgehead atoms. The molecule has 0 unspecified atom stereocenters. The van der Waals surface area contributed by atoms with Gasteiger partial charge in [-0.25, -0.2) is 4.98 Å². The first-order valence-corrected chi connectivity index (χ1v) is 5.27. The van der Waals surface area contributed by atoms with Crippen molar-refractivity contribution in [1.29, 1.82) is 0 Å². The Kier molecular flexibility index (Phi) is 2.91. The fraction of sp³-hybridized carbons (Fsp3) is 0.250. The lowest BCUT2D eigenvalue weighted by molar-refractivity contribution is -0.137. The van der Waals surface area contributed by atoms with Gasteiger partial charge in [-0.3, -0.25) is 9.59 Å². The predicted molar refractivity (Wildman–Crippen MR) is 62.0 cm³/mol. The zero-order valence-electron chi connectivity index (χ0n) is 9.38. The van der Waals surface area contributed by atoms with E-state index in [-0.39, 0.29) is 18.7 Å². The van der Waals surface area contributed by atoms with Gasteiger partial charge in [0.2, 0.25) is 0 Å². The molecule has 1 aromatic heterocycles. The van der Waals surface area contributed by atoms with Crippen LogP contribution in [0.25, 0.3) is 11.0 Å². The molecule has 0 saturated heterocycles. The van der Waals surface area contributed by atoms with E-state index in [0.717, 1.165) is 5.52 Å². The highest BCUT2D eigenvalue weighted by Gasteiger charge is 2.14. The van der Waals surface area contributed by atoms with Gasteiger partial charge in [-0.2, -0.15) is 0 Å². The van der Waals surface area contributed by atoms with Crippen molar-refractivity contribution < 1.29 is 14.7 Å². The Morgan fingerprint density at radius 1 is 1.35 bits per heavy atom. The van der Waals surface area contributed by atoms with Crippen molar-refractivity contribution in [2.45, 2.75) is 19.9 Å². The number of nitrogens with zero attached hydrogens (tertiary/aromatic N) is 2. The molecule has 0 saturated carbocycles. The molecule has 88 valence electrons. The first-order chi connectivity index (χ1) is 8.09. The molecule has 0 spiro atoms. The number of carboxylic acids is 1. The van der Waals surface area contributed by atoms with E-state index in [1.54, 1.807) is 10.6 Å². The number of carbonyl (C=O) groups is 2. The summed E-state index contributed by atoms with van der Waals surface area (Å²) in [6.45, 7) is 1.68. The second-order valence-electron chi connectivity index (χ2n) is 3.78. The maximum absolute atomic E-state index is 11.4. The van der Waals surface area contributed by atoms with Crippen LogP contribution in [-0.2, 0) is 11.3 Å². The smallest absolute Gasteiger partial charge is 0.305 e. The van der Waals surface area contributed by atoms with Gasteiger partial charge in [0.1, 0.15) is 0 Å². The van der Waals surface area contributed by atoms with Crippen LogP contribution in [0.5, 0.6) is 0 Å². The standard InChI is InChI=1S/C12H12N2O3/c1-8(15)12-13-9-4-2-3-5-10(9)14(12)7-6-11(16)17/h2-5H,6-7H2,1H3,(H,16,17). The summed E-state index contributed by atoms with van der Waals surface area (Å²) < 4.78 is 1.66. The Morgan fingerprint density at radius 2 is 2.06 bits per heavy atom. The first kappa shape index (κ1) is 11.3. The summed E-state index contributed by atoms with van der Waals surface area (Å²) >= 11 is 0. The van der Waals surface area contributed by atoms with Crippen LogP contribution in [-0.4, -0.2) is 26.4 Å². The van der Waals surface area contributed by atoms with E-state index >= 15 is 0 Å². The quantitative estimate of drug-likeness (QED) is 0.814. The minimum atomic E-state index is -0.891. The van der Waals surface area contributed by atoms with Crippen LogP contribution < -0.4 is 0 Å². The Hall–Kier alpha value is -2.17. The van der Waals surface area contributed by atoms with Gasteiger partial charge in [0.15, 0.2) is 11.6 Å². The normalized spacial score (nSPS) is 10.6. The number of carbonyl (C=O) groups excluding carboxylic acids is 1. The number of aliphatic carboxylic acids is 1. The number of hydrogen-bond acceptors (Lipinski definition) is 3. The number of aromatic nitrogens is 2. The Bertz CT molecular complexity index is 586. The van der Waals surface area contributed by atoms with E-state index in [1.165, 1.54) is 6.92 Å². The van der Waals surface area contributed by atoms with E-state index < -0.39 is 5.97 Å². The van der Waals surface area contributed by atoms with Crippen molar-refractivity contribution >= 4 is 22.8 Å². The molecule has 0 fully saturated rings. The molecule has 1 N–H and O–H groups in total. The van der Waals surface area contributed by atoms with Crippen LogP contribution in [0, 0.1) is 0 Å². The number of fused-ring (bicyclic) bond motifs is 1. The van der Waals surface area contributed by atoms with Gasteiger partial charge in [-0.15, -0.1) is 0 Å². The van der Waals surface area contributed by atoms with Crippen LogP contribution in [0.1, 0.15) is 24.0 Å². The largest absolute Gasteiger partial charge is 0.481 e. The zero-order valence-corrected chi connectivity index (χ0v) is 9.38. The SMILES string of the molecule is CC(=O)c1nc2ccccc2n1CCC(=O)O. The highest BCUT2D eigenvalue weighted by molar-refractivity contribution is 5.94. The van der Waals surface area contributed by atoms with Gasteiger partial charge in [0.25, 0.3) is 0 Å². The number of ketones is 1. The lowest BCUT2D eigenvalue weighted by Gasteiger charge is -2.04. The van der Waals surface area contributed by atoms with Crippen molar-refractivity contribution in [2.75, 3.05) is 0 Å². The number of Topliss-reactive ketones (excluding diaryl/α,β-unsaturated/α-hetero) is 1. The average Bonchev–Trinajstić information content (AvgIpc) is 2.65. The fourth-order valence-electron chi connectivity index (χ4n) is 1.78. The molecule has 1 heterocycles. The lowest BCUT2D eigenvalue weighted by atomic mass is 10.3. The Morgan fingerprint density at radius 3 is 2.71 bits per heavy atom. The summed E-state index contributed by atoms with van der Waals surface area (Å²) in [6, 6.07) is 7.31. The van der Waals surface area contributed by atoms with E-state index in [4.69, 9.17) is 5.11 Å². The molecule has 0 atom stereocenters. The van der Waals surface area contributed by atoms with E-state index in [1.807, 2.05) is 18.2 Å². The third-order valence-electron chi connectivity index (χ3n) is 2.52. The van der Waals surface area contributed by atoms with Crippen molar-refractivity contribution in [3.63, 3.8) is 0 Å². The van der Waals surface area contributed by atoms with E-state index in [0.29, 0.717) is 11.3 Å². The van der Waals surface area contributed by atoms with Crippen LogP contribution in [0.3, 0.4) is 0 Å². The second kappa shape index (κ2) is 4.37. The van der Waals surface area contributed by atoms with Crippen molar-refractivity contribution in [1.82, 2.24) is 9.55 Å². The third-order valence-corrected chi connectivity index (χ3v) is 2.52.